The summed E-state index contributed by atoms with van der Waals surface area (Å²) in [4.78, 5) is 26.8. The zero-order valence-corrected chi connectivity index (χ0v) is 17.6. The number of carbonyl (C=O) groups excluding carboxylic acids is 2. The number of hydrogen-bond donors (Lipinski definition) is 2. The number of nitrogen functional groups attached to an aromatic ring is 1. The highest BCUT2D eigenvalue weighted by Gasteiger charge is 2.38. The van der Waals surface area contributed by atoms with Crippen LogP contribution in [0.2, 0.25) is 0 Å². The molecule has 1 aliphatic heterocycles. The minimum atomic E-state index is -0.268. The third kappa shape index (κ3) is 4.41. The summed E-state index contributed by atoms with van der Waals surface area (Å²) in [6.45, 7) is 1.00. The molecular formula is C23H28N6O2. The molecule has 1 saturated carbocycles. The number of nitrogens with zero attached hydrogens (tertiary/aromatic N) is 4. The number of para-hydroxylation sites is 1. The van der Waals surface area contributed by atoms with E-state index in [1.54, 1.807) is 4.68 Å². The maximum Gasteiger partial charge on any atom is 0.225 e. The second-order valence-corrected chi connectivity index (χ2v) is 8.35. The smallest absolute Gasteiger partial charge is 0.225 e. The van der Waals surface area contributed by atoms with Crippen molar-refractivity contribution in [1.82, 2.24) is 20.0 Å². The Morgan fingerprint density at radius 3 is 2.71 bits per heavy atom. The van der Waals surface area contributed by atoms with Crippen molar-refractivity contribution in [3.8, 4) is 11.8 Å². The Morgan fingerprint density at radius 1 is 1.26 bits per heavy atom. The lowest BCUT2D eigenvalue weighted by Gasteiger charge is -2.23. The molecule has 0 spiro atoms. The van der Waals surface area contributed by atoms with Crippen LogP contribution in [0, 0.1) is 17.2 Å². The molecule has 162 valence electrons. The van der Waals surface area contributed by atoms with E-state index in [0.29, 0.717) is 55.5 Å². The number of hydrogen-bond acceptors (Lipinski definition) is 5. The molecule has 1 aromatic carbocycles. The quantitative estimate of drug-likeness (QED) is 0.666. The van der Waals surface area contributed by atoms with Crippen molar-refractivity contribution in [2.75, 3.05) is 18.8 Å². The minimum Gasteiger partial charge on any atom is -0.382 e. The molecule has 2 aliphatic rings. The molecule has 31 heavy (non-hydrogen) atoms. The van der Waals surface area contributed by atoms with E-state index >= 15 is 0 Å². The second-order valence-electron chi connectivity index (χ2n) is 8.35. The van der Waals surface area contributed by atoms with E-state index in [4.69, 9.17) is 5.73 Å². The highest BCUT2D eigenvalue weighted by atomic mass is 16.2. The molecule has 1 saturated heterocycles. The summed E-state index contributed by atoms with van der Waals surface area (Å²) in [5.41, 5.74) is 7.94. The molecule has 0 bridgehead atoms. The monoisotopic (exact) mass is 420 g/mol. The van der Waals surface area contributed by atoms with Crippen molar-refractivity contribution in [1.29, 1.82) is 5.26 Å². The van der Waals surface area contributed by atoms with Gasteiger partial charge in [0.1, 0.15) is 17.5 Å². The van der Waals surface area contributed by atoms with E-state index in [-0.39, 0.29) is 17.7 Å². The highest BCUT2D eigenvalue weighted by molar-refractivity contribution is 5.89. The van der Waals surface area contributed by atoms with Gasteiger partial charge in [-0.05, 0) is 37.8 Å². The summed E-state index contributed by atoms with van der Waals surface area (Å²) < 4.78 is 1.58. The first-order chi connectivity index (χ1) is 15.1. The minimum absolute atomic E-state index is 0.0660. The van der Waals surface area contributed by atoms with Crippen LogP contribution in [0.1, 0.15) is 49.8 Å². The molecule has 2 fully saturated rings. The van der Waals surface area contributed by atoms with Crippen molar-refractivity contribution in [2.45, 2.75) is 51.0 Å². The van der Waals surface area contributed by atoms with E-state index in [1.807, 2.05) is 35.2 Å². The normalized spacial score (nSPS) is 19.0. The van der Waals surface area contributed by atoms with Crippen LogP contribution in [0.4, 0.5) is 5.82 Å². The van der Waals surface area contributed by atoms with Crippen LogP contribution in [0.25, 0.3) is 5.69 Å². The van der Waals surface area contributed by atoms with Gasteiger partial charge < -0.3 is 16.0 Å². The fraction of sp³-hybridized carbons (Fsp3) is 0.478. The lowest BCUT2D eigenvalue weighted by Crippen LogP contribution is -2.37. The second kappa shape index (κ2) is 9.21. The number of aromatic nitrogens is 2. The summed E-state index contributed by atoms with van der Waals surface area (Å²) in [5, 5.41) is 17.0. The van der Waals surface area contributed by atoms with E-state index in [9.17, 15) is 14.9 Å². The van der Waals surface area contributed by atoms with Crippen LogP contribution < -0.4 is 11.1 Å². The summed E-state index contributed by atoms with van der Waals surface area (Å²) in [7, 11) is 0. The summed E-state index contributed by atoms with van der Waals surface area (Å²) in [5.74, 6) is 0.0937. The molecule has 2 aromatic rings. The third-order valence-corrected chi connectivity index (χ3v) is 6.29. The Morgan fingerprint density at radius 2 is 2.00 bits per heavy atom. The van der Waals surface area contributed by atoms with Gasteiger partial charge in [0.15, 0.2) is 0 Å². The maximum absolute atomic E-state index is 12.5. The number of aryl methyl sites for hydroxylation is 1. The molecule has 2 heterocycles. The van der Waals surface area contributed by atoms with Crippen molar-refractivity contribution < 1.29 is 9.59 Å². The van der Waals surface area contributed by atoms with Gasteiger partial charge in [0.05, 0.1) is 17.3 Å². The van der Waals surface area contributed by atoms with Gasteiger partial charge in [0.25, 0.3) is 0 Å². The van der Waals surface area contributed by atoms with Gasteiger partial charge in [-0.15, -0.1) is 0 Å². The third-order valence-electron chi connectivity index (χ3n) is 6.29. The number of rotatable bonds is 7. The van der Waals surface area contributed by atoms with Crippen LogP contribution in [0.15, 0.2) is 30.3 Å². The Bertz CT molecular complexity index is 987. The number of amides is 2. The van der Waals surface area contributed by atoms with Gasteiger partial charge in [-0.2, -0.15) is 10.4 Å². The first-order valence-electron chi connectivity index (χ1n) is 11.0. The lowest BCUT2D eigenvalue weighted by atomic mass is 10.1. The lowest BCUT2D eigenvalue weighted by molar-refractivity contribution is -0.130. The van der Waals surface area contributed by atoms with Crippen LogP contribution in [-0.4, -0.2) is 45.6 Å². The van der Waals surface area contributed by atoms with E-state index in [0.717, 1.165) is 18.5 Å². The van der Waals surface area contributed by atoms with Crippen molar-refractivity contribution in [3.63, 3.8) is 0 Å². The first kappa shape index (κ1) is 20.9. The molecule has 1 aliphatic carbocycles. The van der Waals surface area contributed by atoms with Crippen molar-refractivity contribution >= 4 is 17.6 Å². The Balaban J connectivity index is 1.30. The maximum atomic E-state index is 12.5. The number of carbonyl (C=O) groups is 2. The number of nitrogens with one attached hydrogen (secondary N) is 1. The van der Waals surface area contributed by atoms with Crippen LogP contribution in [0.5, 0.6) is 0 Å². The van der Waals surface area contributed by atoms with E-state index in [1.165, 1.54) is 12.8 Å². The number of likely N-dealkylation sites (tertiary alicyclic amines) is 1. The molecule has 8 heteroatoms. The standard InChI is InChI=1S/C23H28N6O2/c24-14-19-20(27-29(22(19)25)18-9-2-1-3-10-18)11-6-12-26-23(31)16-13-21(30)28(15-16)17-7-4-5-8-17/h1-3,9-10,16-17H,4-8,11-13,15,25H2,(H,26,31). The first-order valence-corrected chi connectivity index (χ1v) is 11.0. The summed E-state index contributed by atoms with van der Waals surface area (Å²) in [6.07, 6.45) is 5.92. The fourth-order valence-electron chi connectivity index (χ4n) is 4.63. The molecule has 1 unspecified atom stereocenters. The SMILES string of the molecule is N#Cc1c(CCCNC(=O)C2CC(=O)N(C3CCCC3)C2)nn(-c2ccccc2)c1N. The van der Waals surface area contributed by atoms with Gasteiger partial charge in [0, 0.05) is 25.6 Å². The van der Waals surface area contributed by atoms with E-state index < -0.39 is 0 Å². The number of nitrogens with two attached hydrogens (primary N) is 1. The predicted molar refractivity (Wildman–Crippen MR) is 116 cm³/mol. The van der Waals surface area contributed by atoms with Gasteiger partial charge in [-0.1, -0.05) is 31.0 Å². The highest BCUT2D eigenvalue weighted by Crippen LogP contribution is 2.29. The molecule has 2 amide bonds. The van der Waals surface area contributed by atoms with Crippen LogP contribution in [0.3, 0.4) is 0 Å². The van der Waals surface area contributed by atoms with Gasteiger partial charge in [-0.25, -0.2) is 4.68 Å². The zero-order chi connectivity index (χ0) is 21.8. The molecule has 3 N–H and O–H groups in total. The van der Waals surface area contributed by atoms with Gasteiger partial charge in [0.2, 0.25) is 11.8 Å². The molecule has 1 aromatic heterocycles. The number of anilines is 1. The predicted octanol–water partition coefficient (Wildman–Crippen LogP) is 2.17. The average Bonchev–Trinajstić information content (AvgIpc) is 3.50. The summed E-state index contributed by atoms with van der Waals surface area (Å²) in [6, 6.07) is 11.9. The largest absolute Gasteiger partial charge is 0.382 e. The zero-order valence-electron chi connectivity index (χ0n) is 17.6. The van der Waals surface area contributed by atoms with Crippen molar-refractivity contribution in [3.05, 3.63) is 41.6 Å². The molecule has 1 atom stereocenters. The Labute approximate surface area is 182 Å². The average molecular weight is 421 g/mol. The number of nitriles is 1. The van der Waals surface area contributed by atoms with Gasteiger partial charge in [-0.3, -0.25) is 9.59 Å². The molecule has 8 nitrogen and oxygen atoms in total. The Kier molecular flexibility index (Phi) is 6.21. The Hall–Kier alpha value is -3.34. The molecule has 4 rings (SSSR count). The molecule has 0 radical (unpaired) electrons. The van der Waals surface area contributed by atoms with Crippen LogP contribution in [-0.2, 0) is 16.0 Å². The number of benzene rings is 1. The summed E-state index contributed by atoms with van der Waals surface area (Å²) >= 11 is 0. The molecular weight excluding hydrogens is 392 g/mol. The fourth-order valence-corrected chi connectivity index (χ4v) is 4.63. The van der Waals surface area contributed by atoms with E-state index in [2.05, 4.69) is 16.5 Å². The van der Waals surface area contributed by atoms with Gasteiger partial charge >= 0.3 is 0 Å². The van der Waals surface area contributed by atoms with Crippen LogP contribution >= 0.6 is 0 Å². The topological polar surface area (TPSA) is 117 Å². The van der Waals surface area contributed by atoms with Crippen molar-refractivity contribution in [2.24, 2.45) is 5.92 Å².